The second kappa shape index (κ2) is 14.3. The molecular weight excluding hydrogens is 212 g/mol. The van der Waals surface area contributed by atoms with E-state index in [2.05, 4.69) is 13.3 Å². The first-order chi connectivity index (χ1) is 3.68. The predicted octanol–water partition coefficient (Wildman–Crippen LogP) is 0.702. The zero-order valence-electron chi connectivity index (χ0n) is 8.67. The minimum Gasteiger partial charge on any atom is -0.367 e. The number of rotatable bonds is 3. The van der Waals surface area contributed by atoms with Gasteiger partial charge in [-0.05, 0) is 0 Å². The molecule has 6 heteroatoms. The van der Waals surface area contributed by atoms with E-state index < -0.39 is 9.05 Å². The van der Waals surface area contributed by atoms with Gasteiger partial charge in [0.1, 0.15) is 0 Å². The first-order valence-corrected chi connectivity index (χ1v) is 3.73. The monoisotopic (exact) mass is 231 g/mol. The Morgan fingerprint density at radius 3 is 1.00 bits per heavy atom. The summed E-state index contributed by atoms with van der Waals surface area (Å²) in [6.07, 6.45) is 0. The van der Waals surface area contributed by atoms with Gasteiger partial charge in [0, 0.05) is 21.3 Å². The van der Waals surface area contributed by atoms with Crippen LogP contribution in [-0.4, -0.2) is 35.2 Å². The van der Waals surface area contributed by atoms with E-state index in [0.717, 1.165) is 0 Å². The van der Waals surface area contributed by atoms with Crippen LogP contribution in [0, 0.1) is 22.3 Å². The molecule has 1 radical (unpaired) electrons. The number of hydrogen-bond donors (Lipinski definition) is 1. The van der Waals surface area contributed by atoms with Crippen molar-refractivity contribution in [3.63, 3.8) is 0 Å². The zero-order valence-corrected chi connectivity index (χ0v) is 11.2. The molecule has 0 rings (SSSR count). The van der Waals surface area contributed by atoms with Gasteiger partial charge in [-0.1, -0.05) is 0 Å². The second-order valence-corrected chi connectivity index (χ2v) is 3.41. The normalized spacial score (nSPS) is 8.00. The van der Waals surface area contributed by atoms with Crippen LogP contribution in [0.5, 0.6) is 0 Å². The van der Waals surface area contributed by atoms with Crippen molar-refractivity contribution in [2.75, 3.05) is 21.3 Å². The molecule has 0 aliphatic rings. The maximum Gasteiger partial charge on any atom is 3.00 e. The third kappa shape index (κ3) is 10.8. The van der Waals surface area contributed by atoms with Gasteiger partial charge in [0.05, 0.1) is 0 Å². The third-order valence-electron chi connectivity index (χ3n) is 0.774. The molecule has 0 saturated carbocycles. The van der Waals surface area contributed by atoms with E-state index in [1.54, 1.807) is 0 Å². The van der Waals surface area contributed by atoms with E-state index in [0.29, 0.717) is 0 Å². The van der Waals surface area contributed by atoms with Crippen LogP contribution < -0.4 is 0 Å². The van der Waals surface area contributed by atoms with Gasteiger partial charge in [-0.3, -0.25) is 0 Å². The molecule has 12 heavy (non-hydrogen) atoms. The first-order valence-electron chi connectivity index (χ1n) is 2.06. The summed E-state index contributed by atoms with van der Waals surface area (Å²) >= 11 is 0. The number of hydrogen-bond acceptors (Lipinski definition) is 4. The molecule has 1 N–H and O–H groups in total. The molecule has 0 heterocycles. The molecule has 75 valence electrons. The summed E-state index contributed by atoms with van der Waals surface area (Å²) in [5.41, 5.74) is 0. The van der Waals surface area contributed by atoms with Gasteiger partial charge < -0.3 is 40.4 Å². The second-order valence-electron chi connectivity index (χ2n) is 1.14. The Kier molecular flexibility index (Phi) is 34.9. The summed E-state index contributed by atoms with van der Waals surface area (Å²) in [4.78, 5) is 8.91. The van der Waals surface area contributed by atoms with Gasteiger partial charge in [-0.25, -0.2) is 0 Å². The van der Waals surface area contributed by atoms with E-state index in [9.17, 15) is 0 Å². The van der Waals surface area contributed by atoms with Gasteiger partial charge in [0.2, 0.25) is 0 Å². The van der Waals surface area contributed by atoms with Crippen LogP contribution in [0.2, 0.25) is 0 Å². The van der Waals surface area contributed by atoms with Crippen molar-refractivity contribution in [1.82, 2.24) is 0 Å². The van der Waals surface area contributed by atoms with Crippen LogP contribution in [-0.2, 0) is 35.0 Å². The van der Waals surface area contributed by atoms with Gasteiger partial charge in [0.15, 0.2) is 0 Å². The molecule has 0 aliphatic heterocycles. The minimum atomic E-state index is -3.17. The van der Waals surface area contributed by atoms with E-state index in [-0.39, 0.29) is 44.0 Å². The predicted molar refractivity (Wildman–Crippen MR) is 48.2 cm³/mol. The molecule has 0 aliphatic carbocycles. The van der Waals surface area contributed by atoms with Crippen molar-refractivity contribution in [3.05, 3.63) is 22.3 Å². The van der Waals surface area contributed by atoms with Crippen LogP contribution in [0.25, 0.3) is 0 Å². The van der Waals surface area contributed by atoms with Gasteiger partial charge in [0.25, 0.3) is 0 Å². The van der Waals surface area contributed by atoms with Crippen LogP contribution in [0.1, 0.15) is 0 Å². The molecule has 0 spiro atoms. The molecule has 0 unspecified atom stereocenters. The maximum absolute atomic E-state index is 8.91. The van der Waals surface area contributed by atoms with Gasteiger partial charge in [-0.2, -0.15) is 0 Å². The van der Waals surface area contributed by atoms with Crippen LogP contribution in [0.4, 0.5) is 0 Å². The topological polar surface area (TPSA) is 47.9 Å². The Balaban J connectivity index is -0.0000000408. The van der Waals surface area contributed by atoms with Crippen molar-refractivity contribution < 1.29 is 39.8 Å². The Labute approximate surface area is 92.6 Å². The summed E-state index contributed by atoms with van der Waals surface area (Å²) in [5, 5.41) is 0. The van der Waals surface area contributed by atoms with Crippen LogP contribution in [0.15, 0.2) is 0 Å². The molecule has 0 aromatic carbocycles. The molecule has 0 bridgehead atoms. The average molecular weight is 231 g/mol. The maximum atomic E-state index is 8.91. The van der Waals surface area contributed by atoms with Crippen molar-refractivity contribution in [2.45, 2.75) is 0 Å². The molecule has 0 aromatic rings. The molecule has 0 amide bonds. The molecule has 0 atom stereocenters. The van der Waals surface area contributed by atoms with Gasteiger partial charge >= 0.3 is 30.8 Å². The summed E-state index contributed by atoms with van der Waals surface area (Å²) in [7, 11) is 0.826. The minimum absolute atomic E-state index is 0. The molecular formula is C6H19O4SiTi. The van der Waals surface area contributed by atoms with Crippen LogP contribution >= 0.6 is 0 Å². The Bertz CT molecular complexity index is 62.3. The molecule has 0 saturated heterocycles. The Morgan fingerprint density at radius 2 is 1.00 bits per heavy atom. The SMILES string of the molecule is CO[Si](O)(OC)OC.[CH3-].[CH3-].[CH3-].[Ti+3]. The quantitative estimate of drug-likeness (QED) is 0.573. The van der Waals surface area contributed by atoms with Gasteiger partial charge in [-0.15, -0.1) is 0 Å². The molecule has 0 aromatic heterocycles. The van der Waals surface area contributed by atoms with E-state index >= 15 is 0 Å². The standard InChI is InChI=1S/C3H10O4Si.3CH3.Ti/c1-5-8(4,6-2)7-3;;;;/h4H,1-3H3;3*1H3;/q;3*-1;+3. The van der Waals surface area contributed by atoms with E-state index in [4.69, 9.17) is 4.80 Å². The smallest absolute Gasteiger partial charge is 0.367 e. The van der Waals surface area contributed by atoms with Crippen molar-refractivity contribution >= 4 is 9.05 Å². The summed E-state index contributed by atoms with van der Waals surface area (Å²) in [5.74, 6) is 0. The average Bonchev–Trinajstić information content (AvgIpc) is 1.87. The largest absolute Gasteiger partial charge is 3.00 e. The fourth-order valence-electron chi connectivity index (χ4n) is 0.250. The van der Waals surface area contributed by atoms with Crippen molar-refractivity contribution in [2.24, 2.45) is 0 Å². The summed E-state index contributed by atoms with van der Waals surface area (Å²) in [6, 6.07) is 0. The third-order valence-corrected chi connectivity index (χ3v) is 2.32. The van der Waals surface area contributed by atoms with Crippen molar-refractivity contribution in [1.29, 1.82) is 0 Å². The fourth-order valence-corrected chi connectivity index (χ4v) is 0.750. The summed E-state index contributed by atoms with van der Waals surface area (Å²) < 4.78 is 13.5. The van der Waals surface area contributed by atoms with E-state index in [1.807, 2.05) is 0 Å². The zero-order chi connectivity index (χ0) is 6.62. The van der Waals surface area contributed by atoms with E-state index in [1.165, 1.54) is 21.3 Å². The molecule has 4 nitrogen and oxygen atoms in total. The Hall–Kier alpha value is 0.771. The molecule has 0 fully saturated rings. The Morgan fingerprint density at radius 1 is 0.833 bits per heavy atom. The van der Waals surface area contributed by atoms with Crippen molar-refractivity contribution in [3.8, 4) is 0 Å². The summed E-state index contributed by atoms with van der Waals surface area (Å²) in [6.45, 7) is 0. The van der Waals surface area contributed by atoms with Crippen LogP contribution in [0.3, 0.4) is 0 Å². The fraction of sp³-hybridized carbons (Fsp3) is 0.500. The first kappa shape index (κ1) is 29.3.